The van der Waals surface area contributed by atoms with Crippen molar-refractivity contribution in [2.75, 3.05) is 6.61 Å². The number of ether oxygens (including phenoxy) is 1. The predicted molar refractivity (Wildman–Crippen MR) is 67.3 cm³/mol. The highest BCUT2D eigenvalue weighted by Gasteiger charge is 2.22. The first-order chi connectivity index (χ1) is 7.97. The zero-order valence-electron chi connectivity index (χ0n) is 8.84. The van der Waals surface area contributed by atoms with Crippen LogP contribution in [0.5, 0.6) is 0 Å². The molecule has 0 bridgehead atoms. The molecule has 0 aromatic carbocycles. The lowest BCUT2D eigenvalue weighted by Gasteiger charge is -2.11. The zero-order chi connectivity index (χ0) is 13.0. The summed E-state index contributed by atoms with van der Waals surface area (Å²) in [4.78, 5) is 15.2. The molecule has 94 valence electrons. The molecule has 0 fully saturated rings. The van der Waals surface area contributed by atoms with Crippen LogP contribution in [-0.4, -0.2) is 17.6 Å². The maximum atomic E-state index is 12.8. The number of carbonyl (C=O) groups excluding carboxylic acids is 1. The Morgan fingerprint density at radius 1 is 1.65 bits per heavy atom. The normalized spacial score (nSPS) is 10.7. The Morgan fingerprint density at radius 2 is 2.29 bits per heavy atom. The summed E-state index contributed by atoms with van der Waals surface area (Å²) in [5.74, 6) is -0.573. The minimum atomic E-state index is -2.75. The number of rotatable bonds is 4. The highest BCUT2D eigenvalue weighted by atomic mass is 127. The van der Waals surface area contributed by atoms with E-state index in [-0.39, 0.29) is 29.2 Å². The number of pyridine rings is 1. The highest BCUT2D eigenvalue weighted by molar-refractivity contribution is 14.1. The van der Waals surface area contributed by atoms with Crippen LogP contribution in [0.15, 0.2) is 6.20 Å². The molecular weight excluding hydrogens is 366 g/mol. The van der Waals surface area contributed by atoms with E-state index in [2.05, 4.69) is 4.98 Å². The number of aromatic nitrogens is 1. The maximum absolute atomic E-state index is 12.8. The molecule has 0 unspecified atom stereocenters. The Hall–Kier alpha value is -0.500. The van der Waals surface area contributed by atoms with Gasteiger partial charge in [-0.05, 0) is 29.5 Å². The first-order valence-electron chi connectivity index (χ1n) is 4.73. The first-order valence-corrected chi connectivity index (χ1v) is 6.19. The third-order valence-corrected chi connectivity index (χ3v) is 3.20. The number of hydrogen-bond acceptors (Lipinski definition) is 3. The van der Waals surface area contributed by atoms with Gasteiger partial charge in [0.15, 0.2) is 0 Å². The molecule has 0 aliphatic heterocycles. The van der Waals surface area contributed by atoms with E-state index in [9.17, 15) is 13.6 Å². The molecule has 0 amide bonds. The summed E-state index contributed by atoms with van der Waals surface area (Å²) < 4.78 is 30.7. The van der Waals surface area contributed by atoms with Crippen molar-refractivity contribution in [3.63, 3.8) is 0 Å². The van der Waals surface area contributed by atoms with Crippen LogP contribution < -0.4 is 0 Å². The summed E-state index contributed by atoms with van der Waals surface area (Å²) in [5.41, 5.74) is -0.217. The number of esters is 1. The molecule has 0 N–H and O–H groups in total. The van der Waals surface area contributed by atoms with E-state index in [1.54, 1.807) is 29.5 Å². The Balaban J connectivity index is 3.12. The van der Waals surface area contributed by atoms with Gasteiger partial charge < -0.3 is 4.74 Å². The van der Waals surface area contributed by atoms with Crippen LogP contribution in [0.2, 0.25) is 5.02 Å². The van der Waals surface area contributed by atoms with Gasteiger partial charge in [0.1, 0.15) is 3.70 Å². The minimum Gasteiger partial charge on any atom is -0.466 e. The lowest BCUT2D eigenvalue weighted by atomic mass is 10.1. The lowest BCUT2D eigenvalue weighted by Crippen LogP contribution is -2.12. The predicted octanol–water partition coefficient (Wildman–Crippen LogP) is 3.38. The quantitative estimate of drug-likeness (QED) is 0.460. The SMILES string of the molecule is CCOC(=O)Cc1c(I)ncc(Cl)c1C(F)F. The van der Waals surface area contributed by atoms with Crippen LogP contribution in [0.25, 0.3) is 0 Å². The molecule has 0 aliphatic carbocycles. The molecule has 1 aromatic heterocycles. The maximum Gasteiger partial charge on any atom is 0.310 e. The van der Waals surface area contributed by atoms with Crippen molar-refractivity contribution in [2.45, 2.75) is 19.8 Å². The summed E-state index contributed by atoms with van der Waals surface area (Å²) in [6, 6.07) is 0. The average Bonchev–Trinajstić information content (AvgIpc) is 2.23. The summed E-state index contributed by atoms with van der Waals surface area (Å²) >= 11 is 7.45. The van der Waals surface area contributed by atoms with Gasteiger partial charge in [0.2, 0.25) is 0 Å². The number of hydrogen-bond donors (Lipinski definition) is 0. The second kappa shape index (κ2) is 6.44. The smallest absolute Gasteiger partial charge is 0.310 e. The Bertz CT molecular complexity index is 429. The monoisotopic (exact) mass is 375 g/mol. The zero-order valence-corrected chi connectivity index (χ0v) is 11.8. The fraction of sp³-hybridized carbons (Fsp3) is 0.400. The van der Waals surface area contributed by atoms with Gasteiger partial charge in [0, 0.05) is 17.3 Å². The van der Waals surface area contributed by atoms with E-state index >= 15 is 0 Å². The van der Waals surface area contributed by atoms with E-state index in [1.807, 2.05) is 0 Å². The number of carbonyl (C=O) groups is 1. The molecule has 0 spiro atoms. The van der Waals surface area contributed by atoms with Gasteiger partial charge in [0.05, 0.1) is 18.1 Å². The summed E-state index contributed by atoms with van der Waals surface area (Å²) in [6.07, 6.45) is -1.85. The number of halogens is 4. The third kappa shape index (κ3) is 3.74. The van der Waals surface area contributed by atoms with Gasteiger partial charge in [0.25, 0.3) is 6.43 Å². The van der Waals surface area contributed by atoms with Crippen LogP contribution >= 0.6 is 34.2 Å². The van der Waals surface area contributed by atoms with Crippen molar-refractivity contribution in [1.29, 1.82) is 0 Å². The van der Waals surface area contributed by atoms with Crippen LogP contribution in [-0.2, 0) is 16.0 Å². The molecule has 3 nitrogen and oxygen atoms in total. The fourth-order valence-electron chi connectivity index (χ4n) is 1.28. The van der Waals surface area contributed by atoms with Gasteiger partial charge in [-0.1, -0.05) is 11.6 Å². The number of alkyl halides is 2. The van der Waals surface area contributed by atoms with E-state index in [4.69, 9.17) is 16.3 Å². The molecule has 1 heterocycles. The molecule has 0 saturated heterocycles. The van der Waals surface area contributed by atoms with Gasteiger partial charge in [-0.25, -0.2) is 13.8 Å². The summed E-state index contributed by atoms with van der Waals surface area (Å²) in [5, 5.41) is -0.139. The topological polar surface area (TPSA) is 39.2 Å². The van der Waals surface area contributed by atoms with E-state index in [0.717, 1.165) is 6.20 Å². The van der Waals surface area contributed by atoms with Crippen LogP contribution in [0.3, 0.4) is 0 Å². The van der Waals surface area contributed by atoms with Crippen LogP contribution in [0.4, 0.5) is 8.78 Å². The third-order valence-electron chi connectivity index (χ3n) is 1.97. The molecule has 0 aliphatic rings. The van der Waals surface area contributed by atoms with Crippen LogP contribution in [0, 0.1) is 3.70 Å². The fourth-order valence-corrected chi connectivity index (χ4v) is 2.14. The van der Waals surface area contributed by atoms with E-state index in [1.165, 1.54) is 0 Å². The Labute approximate surface area is 116 Å². The molecule has 7 heteroatoms. The highest BCUT2D eigenvalue weighted by Crippen LogP contribution is 2.32. The summed E-state index contributed by atoms with van der Waals surface area (Å²) in [6.45, 7) is 1.85. The first kappa shape index (κ1) is 14.6. The van der Waals surface area contributed by atoms with Crippen molar-refractivity contribution >= 4 is 40.2 Å². The van der Waals surface area contributed by atoms with Gasteiger partial charge in [-0.3, -0.25) is 4.79 Å². The van der Waals surface area contributed by atoms with E-state index in [0.29, 0.717) is 3.70 Å². The molecule has 17 heavy (non-hydrogen) atoms. The Morgan fingerprint density at radius 3 is 2.82 bits per heavy atom. The van der Waals surface area contributed by atoms with Crippen molar-refractivity contribution < 1.29 is 18.3 Å². The van der Waals surface area contributed by atoms with Crippen molar-refractivity contribution in [3.8, 4) is 0 Å². The molecular formula is C10H9ClF2INO2. The molecule has 0 radical (unpaired) electrons. The van der Waals surface area contributed by atoms with Gasteiger partial charge in [-0.2, -0.15) is 0 Å². The van der Waals surface area contributed by atoms with Crippen molar-refractivity contribution in [2.24, 2.45) is 0 Å². The summed E-state index contributed by atoms with van der Waals surface area (Å²) in [7, 11) is 0. The molecule has 1 aromatic rings. The second-order valence-corrected chi connectivity index (χ2v) is 4.50. The largest absolute Gasteiger partial charge is 0.466 e. The van der Waals surface area contributed by atoms with Gasteiger partial charge >= 0.3 is 5.97 Å². The second-order valence-electron chi connectivity index (χ2n) is 3.07. The number of nitrogens with zero attached hydrogens (tertiary/aromatic N) is 1. The average molecular weight is 376 g/mol. The minimum absolute atomic E-state index is 0.131. The molecule has 0 atom stereocenters. The van der Waals surface area contributed by atoms with Crippen molar-refractivity contribution in [3.05, 3.63) is 26.0 Å². The van der Waals surface area contributed by atoms with Crippen molar-refractivity contribution in [1.82, 2.24) is 4.98 Å². The Kier molecular flexibility index (Phi) is 5.51. The molecule has 0 saturated carbocycles. The standard InChI is InChI=1S/C10H9ClF2INO2/c1-2-17-7(16)3-5-8(9(12)13)6(11)4-15-10(5)14/h4,9H,2-3H2,1H3. The lowest BCUT2D eigenvalue weighted by molar-refractivity contribution is -0.142. The van der Waals surface area contributed by atoms with E-state index < -0.39 is 12.4 Å². The molecule has 1 rings (SSSR count). The van der Waals surface area contributed by atoms with Gasteiger partial charge in [-0.15, -0.1) is 0 Å². The van der Waals surface area contributed by atoms with Crippen LogP contribution in [0.1, 0.15) is 24.5 Å².